The maximum atomic E-state index is 12.4. The molecule has 0 saturated heterocycles. The van der Waals surface area contributed by atoms with Crippen LogP contribution in [0.5, 0.6) is 11.5 Å². The molecule has 0 radical (unpaired) electrons. The van der Waals surface area contributed by atoms with Gasteiger partial charge < -0.3 is 20.1 Å². The van der Waals surface area contributed by atoms with Gasteiger partial charge in [0.05, 0.1) is 17.0 Å². The Hall–Kier alpha value is -2.25. The van der Waals surface area contributed by atoms with Gasteiger partial charge >= 0.3 is 0 Å². The van der Waals surface area contributed by atoms with Crippen molar-refractivity contribution >= 4 is 45.0 Å². The van der Waals surface area contributed by atoms with Gasteiger partial charge in [0.1, 0.15) is 13.2 Å². The van der Waals surface area contributed by atoms with E-state index in [1.165, 1.54) is 13.1 Å². The second kappa shape index (κ2) is 7.97. The van der Waals surface area contributed by atoms with Crippen LogP contribution >= 0.6 is 27.5 Å². The zero-order chi connectivity index (χ0) is 18.7. The zero-order valence-electron chi connectivity index (χ0n) is 13.9. The topological polar surface area (TPSA) is 76.7 Å². The standard InChI is InChI=1S/C18H16BrClN2O4/c1-21-18(24)12-8-11(2-3-14(12)20)22-17(23)7-10-6-15-16(9-13(10)19)26-5-4-25-15/h2-3,6,8-9H,4-5,7H2,1H3,(H,21,24)(H,22,23). The van der Waals surface area contributed by atoms with E-state index >= 15 is 0 Å². The number of anilines is 1. The number of carbonyl (C=O) groups excluding carboxylic acids is 2. The summed E-state index contributed by atoms with van der Waals surface area (Å²) < 4.78 is 11.8. The molecule has 1 aliphatic heterocycles. The minimum absolute atomic E-state index is 0.134. The smallest absolute Gasteiger partial charge is 0.252 e. The van der Waals surface area contributed by atoms with Gasteiger partial charge in [-0.1, -0.05) is 27.5 Å². The second-order valence-electron chi connectivity index (χ2n) is 5.59. The Bertz CT molecular complexity index is 873. The summed E-state index contributed by atoms with van der Waals surface area (Å²) in [5, 5.41) is 5.60. The Labute approximate surface area is 163 Å². The number of halogens is 2. The van der Waals surface area contributed by atoms with Gasteiger partial charge in [0.2, 0.25) is 5.91 Å². The molecule has 6 nitrogen and oxygen atoms in total. The van der Waals surface area contributed by atoms with E-state index in [1.807, 2.05) is 0 Å². The molecule has 26 heavy (non-hydrogen) atoms. The van der Waals surface area contributed by atoms with Crippen molar-refractivity contribution < 1.29 is 19.1 Å². The SMILES string of the molecule is CNC(=O)c1cc(NC(=O)Cc2cc3c(cc2Br)OCCO3)ccc1Cl. The molecule has 0 spiro atoms. The average Bonchev–Trinajstić information content (AvgIpc) is 2.63. The fraction of sp³-hybridized carbons (Fsp3) is 0.222. The maximum absolute atomic E-state index is 12.4. The van der Waals surface area contributed by atoms with Gasteiger partial charge in [-0.15, -0.1) is 0 Å². The van der Waals surface area contributed by atoms with Gasteiger partial charge in [-0.05, 0) is 35.9 Å². The fourth-order valence-corrected chi connectivity index (χ4v) is 3.20. The van der Waals surface area contributed by atoms with Crippen LogP contribution in [-0.2, 0) is 11.2 Å². The first-order valence-corrected chi connectivity index (χ1v) is 9.04. The van der Waals surface area contributed by atoms with Crippen LogP contribution in [0.15, 0.2) is 34.8 Å². The number of nitrogens with one attached hydrogen (secondary N) is 2. The van der Waals surface area contributed by atoms with Gasteiger partial charge in [-0.2, -0.15) is 0 Å². The van der Waals surface area contributed by atoms with E-state index in [4.69, 9.17) is 21.1 Å². The van der Waals surface area contributed by atoms with Crippen LogP contribution in [0.3, 0.4) is 0 Å². The molecule has 0 aliphatic carbocycles. The van der Waals surface area contributed by atoms with Crippen LogP contribution in [0, 0.1) is 0 Å². The minimum Gasteiger partial charge on any atom is -0.486 e. The predicted octanol–water partition coefficient (Wildman–Crippen LogP) is 3.41. The molecular weight excluding hydrogens is 424 g/mol. The molecule has 8 heteroatoms. The number of benzene rings is 2. The zero-order valence-corrected chi connectivity index (χ0v) is 16.2. The Kier molecular flexibility index (Phi) is 5.68. The van der Waals surface area contributed by atoms with Crippen LogP contribution in [0.4, 0.5) is 5.69 Å². The molecule has 0 fully saturated rings. The van der Waals surface area contributed by atoms with Crippen molar-refractivity contribution in [1.29, 1.82) is 0 Å². The predicted molar refractivity (Wildman–Crippen MR) is 102 cm³/mol. The largest absolute Gasteiger partial charge is 0.486 e. The number of carbonyl (C=O) groups is 2. The molecule has 0 saturated carbocycles. The molecule has 0 unspecified atom stereocenters. The van der Waals surface area contributed by atoms with Crippen molar-refractivity contribution in [2.45, 2.75) is 6.42 Å². The molecule has 2 aromatic carbocycles. The Morgan fingerprint density at radius 1 is 1.15 bits per heavy atom. The lowest BCUT2D eigenvalue weighted by Gasteiger charge is -2.20. The van der Waals surface area contributed by atoms with Crippen molar-refractivity contribution in [3.05, 3.63) is 51.0 Å². The van der Waals surface area contributed by atoms with Gasteiger partial charge in [0.15, 0.2) is 11.5 Å². The van der Waals surface area contributed by atoms with Crippen LogP contribution in [0.2, 0.25) is 5.02 Å². The van der Waals surface area contributed by atoms with Crippen molar-refractivity contribution in [2.75, 3.05) is 25.6 Å². The monoisotopic (exact) mass is 438 g/mol. The molecule has 2 aromatic rings. The lowest BCUT2D eigenvalue weighted by Crippen LogP contribution is -2.20. The number of ether oxygens (including phenoxy) is 2. The highest BCUT2D eigenvalue weighted by Gasteiger charge is 2.17. The first-order valence-electron chi connectivity index (χ1n) is 7.87. The lowest BCUT2D eigenvalue weighted by molar-refractivity contribution is -0.115. The third-order valence-corrected chi connectivity index (χ3v) is 4.85. The van der Waals surface area contributed by atoms with Crippen LogP contribution in [0.25, 0.3) is 0 Å². The first-order chi connectivity index (χ1) is 12.5. The highest BCUT2D eigenvalue weighted by atomic mass is 79.9. The molecular formula is C18H16BrClN2O4. The summed E-state index contributed by atoms with van der Waals surface area (Å²) in [6.07, 6.45) is 0.134. The Morgan fingerprint density at radius 2 is 1.85 bits per heavy atom. The lowest BCUT2D eigenvalue weighted by atomic mass is 10.1. The van der Waals surface area contributed by atoms with Crippen molar-refractivity contribution in [3.63, 3.8) is 0 Å². The van der Waals surface area contributed by atoms with E-state index in [2.05, 4.69) is 26.6 Å². The van der Waals surface area contributed by atoms with E-state index in [0.717, 1.165) is 10.0 Å². The summed E-state index contributed by atoms with van der Waals surface area (Å²) in [6, 6.07) is 8.34. The van der Waals surface area contributed by atoms with E-state index in [-0.39, 0.29) is 18.2 Å². The number of fused-ring (bicyclic) bond motifs is 1. The number of hydrogen-bond acceptors (Lipinski definition) is 4. The average molecular weight is 440 g/mol. The summed E-state index contributed by atoms with van der Waals surface area (Å²) in [5.41, 5.74) is 1.56. The molecule has 0 bridgehead atoms. The molecule has 136 valence electrons. The molecule has 2 N–H and O–H groups in total. The summed E-state index contributed by atoms with van der Waals surface area (Å²) in [4.78, 5) is 24.2. The summed E-state index contributed by atoms with van der Waals surface area (Å²) in [6.45, 7) is 0.983. The normalized spacial score (nSPS) is 12.4. The highest BCUT2D eigenvalue weighted by Crippen LogP contribution is 2.35. The van der Waals surface area contributed by atoms with E-state index < -0.39 is 0 Å². The van der Waals surface area contributed by atoms with Crippen molar-refractivity contribution in [1.82, 2.24) is 5.32 Å². The third kappa shape index (κ3) is 4.11. The molecule has 2 amide bonds. The van der Waals surface area contributed by atoms with Gasteiger partial charge in [-0.25, -0.2) is 0 Å². The highest BCUT2D eigenvalue weighted by molar-refractivity contribution is 9.10. The third-order valence-electron chi connectivity index (χ3n) is 3.78. The van der Waals surface area contributed by atoms with Gasteiger partial charge in [0.25, 0.3) is 5.91 Å². The summed E-state index contributed by atoms with van der Waals surface area (Å²) in [7, 11) is 1.52. The second-order valence-corrected chi connectivity index (χ2v) is 6.85. The molecule has 1 aliphatic rings. The Balaban J connectivity index is 1.74. The van der Waals surface area contributed by atoms with Crippen LogP contribution < -0.4 is 20.1 Å². The van der Waals surface area contributed by atoms with E-state index in [9.17, 15) is 9.59 Å². The quantitative estimate of drug-likeness (QED) is 0.765. The first kappa shape index (κ1) is 18.5. The van der Waals surface area contributed by atoms with E-state index in [1.54, 1.807) is 24.3 Å². The molecule has 0 atom stereocenters. The van der Waals surface area contributed by atoms with Crippen LogP contribution in [-0.4, -0.2) is 32.1 Å². The van der Waals surface area contributed by atoms with E-state index in [0.29, 0.717) is 41.0 Å². The molecule has 0 aromatic heterocycles. The summed E-state index contributed by atoms with van der Waals surface area (Å²) in [5.74, 6) is 0.726. The van der Waals surface area contributed by atoms with Crippen molar-refractivity contribution in [2.24, 2.45) is 0 Å². The fourth-order valence-electron chi connectivity index (χ4n) is 2.53. The van der Waals surface area contributed by atoms with Crippen molar-refractivity contribution in [3.8, 4) is 11.5 Å². The summed E-state index contributed by atoms with van der Waals surface area (Å²) >= 11 is 9.47. The Morgan fingerprint density at radius 3 is 2.54 bits per heavy atom. The number of rotatable bonds is 4. The maximum Gasteiger partial charge on any atom is 0.252 e. The van der Waals surface area contributed by atoms with Gasteiger partial charge in [-0.3, -0.25) is 9.59 Å². The minimum atomic E-state index is -0.319. The number of hydrogen-bond donors (Lipinski definition) is 2. The number of amides is 2. The van der Waals surface area contributed by atoms with Gasteiger partial charge in [0, 0.05) is 17.2 Å². The van der Waals surface area contributed by atoms with Crippen LogP contribution in [0.1, 0.15) is 15.9 Å². The molecule has 1 heterocycles. The molecule has 3 rings (SSSR count).